The first-order chi connectivity index (χ1) is 8.36. The van der Waals surface area contributed by atoms with Crippen molar-refractivity contribution in [3.8, 4) is 0 Å². The van der Waals surface area contributed by atoms with Gasteiger partial charge >= 0.3 is 5.97 Å². The Morgan fingerprint density at radius 3 is 2.33 bits per heavy atom. The molecule has 0 bridgehead atoms. The number of hydrogen-bond acceptors (Lipinski definition) is 3. The number of carbonyl (C=O) groups excluding carboxylic acids is 1. The van der Waals surface area contributed by atoms with Gasteiger partial charge in [-0.2, -0.15) is 0 Å². The molecule has 18 heavy (non-hydrogen) atoms. The predicted octanol–water partition coefficient (Wildman–Crippen LogP) is 2.98. The van der Waals surface area contributed by atoms with E-state index in [0.29, 0.717) is 10.6 Å². The van der Waals surface area contributed by atoms with Gasteiger partial charge in [-0.25, -0.2) is 4.79 Å². The van der Waals surface area contributed by atoms with E-state index in [2.05, 4.69) is 25.7 Å². The standard InChI is InChI=1S/C14H18ClNO2/c1-14(2,3)16-8-12(9-16)18-13(17)10-4-6-11(15)7-5-10/h4-7,12H,8-9H2,1-3H3. The van der Waals surface area contributed by atoms with E-state index in [4.69, 9.17) is 16.3 Å². The highest BCUT2D eigenvalue weighted by Crippen LogP contribution is 2.23. The summed E-state index contributed by atoms with van der Waals surface area (Å²) in [4.78, 5) is 14.1. The summed E-state index contributed by atoms with van der Waals surface area (Å²) in [6, 6.07) is 6.76. The van der Waals surface area contributed by atoms with Crippen LogP contribution in [0.5, 0.6) is 0 Å². The van der Waals surface area contributed by atoms with E-state index in [1.54, 1.807) is 24.3 Å². The fourth-order valence-corrected chi connectivity index (χ4v) is 1.99. The van der Waals surface area contributed by atoms with Crippen LogP contribution in [-0.2, 0) is 4.74 Å². The minimum Gasteiger partial charge on any atom is -0.456 e. The van der Waals surface area contributed by atoms with E-state index in [1.807, 2.05) is 0 Å². The summed E-state index contributed by atoms with van der Waals surface area (Å²) in [7, 11) is 0. The number of halogens is 1. The second kappa shape index (κ2) is 4.90. The molecule has 1 fully saturated rings. The third kappa shape index (κ3) is 3.03. The van der Waals surface area contributed by atoms with Crippen LogP contribution in [0.3, 0.4) is 0 Å². The maximum Gasteiger partial charge on any atom is 0.338 e. The number of benzene rings is 1. The second-order valence-corrected chi connectivity index (χ2v) is 6.05. The number of carbonyl (C=O) groups is 1. The van der Waals surface area contributed by atoms with E-state index < -0.39 is 0 Å². The van der Waals surface area contributed by atoms with Gasteiger partial charge in [0.15, 0.2) is 0 Å². The van der Waals surface area contributed by atoms with Gasteiger partial charge in [0.2, 0.25) is 0 Å². The van der Waals surface area contributed by atoms with Crippen molar-refractivity contribution in [2.24, 2.45) is 0 Å². The van der Waals surface area contributed by atoms with Crippen molar-refractivity contribution >= 4 is 17.6 Å². The molecule has 0 aliphatic carbocycles. The molecule has 1 saturated heterocycles. The van der Waals surface area contributed by atoms with Crippen molar-refractivity contribution in [1.82, 2.24) is 4.90 Å². The van der Waals surface area contributed by atoms with Gasteiger partial charge in [-0.15, -0.1) is 0 Å². The minimum absolute atomic E-state index is 0.00685. The third-order valence-corrected chi connectivity index (χ3v) is 3.40. The number of esters is 1. The molecule has 1 heterocycles. The van der Waals surface area contributed by atoms with Gasteiger partial charge in [0.05, 0.1) is 5.56 Å². The summed E-state index contributed by atoms with van der Waals surface area (Å²) in [5.41, 5.74) is 0.692. The van der Waals surface area contributed by atoms with Gasteiger partial charge in [0.25, 0.3) is 0 Å². The lowest BCUT2D eigenvalue weighted by Crippen LogP contribution is -2.60. The highest BCUT2D eigenvalue weighted by Gasteiger charge is 2.36. The van der Waals surface area contributed by atoms with E-state index in [-0.39, 0.29) is 17.6 Å². The first kappa shape index (κ1) is 13.4. The molecule has 0 saturated carbocycles. The molecule has 4 heteroatoms. The van der Waals surface area contributed by atoms with Crippen LogP contribution in [-0.4, -0.2) is 35.6 Å². The molecule has 1 aromatic rings. The average molecular weight is 268 g/mol. The number of nitrogens with zero attached hydrogens (tertiary/aromatic N) is 1. The molecule has 1 aliphatic heterocycles. The molecule has 3 nitrogen and oxygen atoms in total. The number of hydrogen-bond donors (Lipinski definition) is 0. The van der Waals surface area contributed by atoms with Crippen LogP contribution in [0, 0.1) is 0 Å². The summed E-state index contributed by atoms with van der Waals surface area (Å²) in [5.74, 6) is -0.273. The lowest BCUT2D eigenvalue weighted by Gasteiger charge is -2.46. The molecule has 0 aromatic heterocycles. The maximum atomic E-state index is 11.8. The van der Waals surface area contributed by atoms with Crippen LogP contribution in [0.25, 0.3) is 0 Å². The van der Waals surface area contributed by atoms with Crippen LogP contribution in [0.2, 0.25) is 5.02 Å². The zero-order valence-electron chi connectivity index (χ0n) is 10.9. The highest BCUT2D eigenvalue weighted by molar-refractivity contribution is 6.30. The molecule has 0 radical (unpaired) electrons. The van der Waals surface area contributed by atoms with Crippen molar-refractivity contribution in [2.75, 3.05) is 13.1 Å². The summed E-state index contributed by atoms with van der Waals surface area (Å²) in [6.07, 6.45) is 0.00685. The lowest BCUT2D eigenvalue weighted by atomic mass is 9.99. The van der Waals surface area contributed by atoms with Crippen molar-refractivity contribution in [1.29, 1.82) is 0 Å². The summed E-state index contributed by atoms with van der Waals surface area (Å²) < 4.78 is 5.41. The summed E-state index contributed by atoms with van der Waals surface area (Å²) in [5, 5.41) is 0.620. The van der Waals surface area contributed by atoms with Crippen LogP contribution in [0.1, 0.15) is 31.1 Å². The average Bonchev–Trinajstić information content (AvgIpc) is 2.21. The first-order valence-corrected chi connectivity index (χ1v) is 6.45. The first-order valence-electron chi connectivity index (χ1n) is 6.08. The molecule has 1 aliphatic rings. The lowest BCUT2D eigenvalue weighted by molar-refractivity contribution is -0.0645. The van der Waals surface area contributed by atoms with Gasteiger partial charge < -0.3 is 4.74 Å². The molecule has 1 aromatic carbocycles. The van der Waals surface area contributed by atoms with Crippen molar-refractivity contribution in [3.63, 3.8) is 0 Å². The monoisotopic (exact) mass is 267 g/mol. The Labute approximate surface area is 113 Å². The minimum atomic E-state index is -0.273. The Morgan fingerprint density at radius 2 is 1.83 bits per heavy atom. The van der Waals surface area contributed by atoms with E-state index in [1.165, 1.54) is 0 Å². The molecule has 0 atom stereocenters. The van der Waals surface area contributed by atoms with Crippen LogP contribution in [0.4, 0.5) is 0 Å². The Balaban J connectivity index is 1.85. The molecule has 0 unspecified atom stereocenters. The molecular formula is C14H18ClNO2. The van der Waals surface area contributed by atoms with Gasteiger partial charge in [-0.1, -0.05) is 11.6 Å². The van der Waals surface area contributed by atoms with Gasteiger partial charge in [-0.05, 0) is 45.0 Å². The smallest absolute Gasteiger partial charge is 0.338 e. The maximum absolute atomic E-state index is 11.8. The van der Waals surface area contributed by atoms with E-state index >= 15 is 0 Å². The van der Waals surface area contributed by atoms with Crippen LogP contribution >= 0.6 is 11.6 Å². The van der Waals surface area contributed by atoms with E-state index in [9.17, 15) is 4.79 Å². The summed E-state index contributed by atoms with van der Waals surface area (Å²) >= 11 is 5.77. The third-order valence-electron chi connectivity index (χ3n) is 3.15. The molecular weight excluding hydrogens is 250 g/mol. The number of ether oxygens (including phenoxy) is 1. The molecule has 0 spiro atoms. The zero-order chi connectivity index (χ0) is 13.3. The summed E-state index contributed by atoms with van der Waals surface area (Å²) in [6.45, 7) is 8.09. The van der Waals surface area contributed by atoms with Crippen LogP contribution < -0.4 is 0 Å². The predicted molar refractivity (Wildman–Crippen MR) is 72.0 cm³/mol. The Bertz CT molecular complexity index is 430. The topological polar surface area (TPSA) is 29.5 Å². The highest BCUT2D eigenvalue weighted by atomic mass is 35.5. The Hall–Kier alpha value is -1.06. The van der Waals surface area contributed by atoms with E-state index in [0.717, 1.165) is 13.1 Å². The number of rotatable bonds is 2. The second-order valence-electron chi connectivity index (χ2n) is 5.61. The van der Waals surface area contributed by atoms with Crippen molar-refractivity contribution in [2.45, 2.75) is 32.4 Å². The van der Waals surface area contributed by atoms with Crippen LogP contribution in [0.15, 0.2) is 24.3 Å². The largest absolute Gasteiger partial charge is 0.456 e. The SMILES string of the molecule is CC(C)(C)N1CC(OC(=O)c2ccc(Cl)cc2)C1. The van der Waals surface area contributed by atoms with Crippen molar-refractivity contribution in [3.05, 3.63) is 34.9 Å². The normalized spacial score (nSPS) is 17.3. The van der Waals surface area contributed by atoms with Gasteiger partial charge in [0.1, 0.15) is 6.10 Å². The zero-order valence-corrected chi connectivity index (χ0v) is 11.7. The van der Waals surface area contributed by atoms with Gasteiger partial charge in [-0.3, -0.25) is 4.90 Å². The molecule has 2 rings (SSSR count). The molecule has 98 valence electrons. The quantitative estimate of drug-likeness (QED) is 0.772. The molecule has 0 amide bonds. The Kier molecular flexibility index (Phi) is 3.64. The Morgan fingerprint density at radius 1 is 1.28 bits per heavy atom. The fourth-order valence-electron chi connectivity index (χ4n) is 1.87. The van der Waals surface area contributed by atoms with Crippen molar-refractivity contribution < 1.29 is 9.53 Å². The fraction of sp³-hybridized carbons (Fsp3) is 0.500. The number of likely N-dealkylation sites (tertiary alicyclic amines) is 1. The van der Waals surface area contributed by atoms with Gasteiger partial charge in [0, 0.05) is 23.7 Å². The molecule has 0 N–H and O–H groups in total.